The molecule has 0 saturated heterocycles. The van der Waals surface area contributed by atoms with Gasteiger partial charge >= 0.3 is 0 Å². The van der Waals surface area contributed by atoms with Crippen LogP contribution in [0.25, 0.3) is 0 Å². The van der Waals surface area contributed by atoms with Gasteiger partial charge < -0.3 is 5.32 Å². The SMILES string of the molecule is CCC1CNc2c(Cl)cc(C)cc2S1. The zero-order valence-electron chi connectivity index (χ0n) is 8.43. The monoisotopic (exact) mass is 227 g/mol. The molecule has 1 aliphatic heterocycles. The Bertz CT molecular complexity index is 351. The van der Waals surface area contributed by atoms with Crippen LogP contribution in [0.2, 0.25) is 5.02 Å². The Kier molecular flexibility index (Phi) is 2.93. The Morgan fingerprint density at radius 3 is 3.07 bits per heavy atom. The van der Waals surface area contributed by atoms with E-state index in [1.165, 1.54) is 16.9 Å². The second-order valence-electron chi connectivity index (χ2n) is 3.65. The third-order valence-electron chi connectivity index (χ3n) is 2.45. The maximum Gasteiger partial charge on any atom is 0.0668 e. The molecular weight excluding hydrogens is 214 g/mol. The number of hydrogen-bond donors (Lipinski definition) is 1. The largest absolute Gasteiger partial charge is 0.382 e. The minimum atomic E-state index is 0.681. The van der Waals surface area contributed by atoms with Crippen LogP contribution in [0.4, 0.5) is 5.69 Å². The summed E-state index contributed by atoms with van der Waals surface area (Å²) in [7, 11) is 0. The van der Waals surface area contributed by atoms with E-state index in [1.807, 2.05) is 17.8 Å². The molecule has 0 aliphatic carbocycles. The zero-order valence-corrected chi connectivity index (χ0v) is 10.0. The summed E-state index contributed by atoms with van der Waals surface area (Å²) in [5.74, 6) is 0. The quantitative estimate of drug-likeness (QED) is 0.780. The summed E-state index contributed by atoms with van der Waals surface area (Å²) in [4.78, 5) is 1.30. The molecule has 76 valence electrons. The Hall–Kier alpha value is -0.340. The Labute approximate surface area is 94.2 Å². The number of anilines is 1. The standard InChI is InChI=1S/C11H14ClNS/c1-3-8-6-13-11-9(12)4-7(2)5-10(11)14-8/h4-5,8,13H,3,6H2,1-2H3. The Morgan fingerprint density at radius 2 is 2.36 bits per heavy atom. The molecule has 1 aromatic carbocycles. The van der Waals surface area contributed by atoms with Gasteiger partial charge in [0.1, 0.15) is 0 Å². The van der Waals surface area contributed by atoms with Crippen molar-refractivity contribution in [1.82, 2.24) is 0 Å². The molecule has 0 spiro atoms. The van der Waals surface area contributed by atoms with Gasteiger partial charge in [0, 0.05) is 16.7 Å². The van der Waals surface area contributed by atoms with Crippen molar-refractivity contribution in [2.75, 3.05) is 11.9 Å². The third-order valence-corrected chi connectivity index (χ3v) is 4.16. The van der Waals surface area contributed by atoms with E-state index in [4.69, 9.17) is 11.6 Å². The van der Waals surface area contributed by atoms with Crippen LogP contribution in [0.3, 0.4) is 0 Å². The fourth-order valence-corrected chi connectivity index (χ4v) is 3.28. The van der Waals surface area contributed by atoms with Gasteiger partial charge in [0.05, 0.1) is 10.7 Å². The van der Waals surface area contributed by atoms with E-state index in [-0.39, 0.29) is 0 Å². The summed E-state index contributed by atoms with van der Waals surface area (Å²) < 4.78 is 0. The lowest BCUT2D eigenvalue weighted by Gasteiger charge is -2.25. The predicted octanol–water partition coefficient (Wildman–Crippen LogP) is 3.94. The average molecular weight is 228 g/mol. The summed E-state index contributed by atoms with van der Waals surface area (Å²) in [6.45, 7) is 5.33. The summed E-state index contributed by atoms with van der Waals surface area (Å²) in [6, 6.07) is 4.22. The van der Waals surface area contributed by atoms with Gasteiger partial charge in [0.15, 0.2) is 0 Å². The number of nitrogens with one attached hydrogen (secondary N) is 1. The third kappa shape index (κ3) is 1.86. The van der Waals surface area contributed by atoms with Gasteiger partial charge in [0.25, 0.3) is 0 Å². The first-order chi connectivity index (χ1) is 6.70. The highest BCUT2D eigenvalue weighted by atomic mass is 35.5. The Balaban J connectivity index is 2.37. The van der Waals surface area contributed by atoms with E-state index in [2.05, 4.69) is 25.2 Å². The molecule has 1 heterocycles. The minimum absolute atomic E-state index is 0.681. The van der Waals surface area contributed by atoms with Crippen LogP contribution in [0.15, 0.2) is 17.0 Å². The highest BCUT2D eigenvalue weighted by Gasteiger charge is 2.19. The van der Waals surface area contributed by atoms with Crippen molar-refractivity contribution >= 4 is 29.1 Å². The van der Waals surface area contributed by atoms with Crippen molar-refractivity contribution in [3.8, 4) is 0 Å². The molecule has 1 aromatic rings. The molecule has 0 aromatic heterocycles. The molecule has 0 saturated carbocycles. The summed E-state index contributed by atoms with van der Waals surface area (Å²) in [5.41, 5.74) is 2.35. The van der Waals surface area contributed by atoms with Crippen molar-refractivity contribution in [2.24, 2.45) is 0 Å². The molecule has 0 radical (unpaired) electrons. The van der Waals surface area contributed by atoms with Crippen molar-refractivity contribution in [3.63, 3.8) is 0 Å². The van der Waals surface area contributed by atoms with Crippen LogP contribution in [0.1, 0.15) is 18.9 Å². The zero-order chi connectivity index (χ0) is 10.1. The fraction of sp³-hybridized carbons (Fsp3) is 0.455. The van der Waals surface area contributed by atoms with Gasteiger partial charge in [-0.3, -0.25) is 0 Å². The molecule has 14 heavy (non-hydrogen) atoms. The highest BCUT2D eigenvalue weighted by Crippen LogP contribution is 2.40. The van der Waals surface area contributed by atoms with Crippen LogP contribution < -0.4 is 5.32 Å². The van der Waals surface area contributed by atoms with Crippen molar-refractivity contribution in [1.29, 1.82) is 0 Å². The first-order valence-electron chi connectivity index (χ1n) is 4.91. The number of hydrogen-bond acceptors (Lipinski definition) is 2. The molecule has 1 N–H and O–H groups in total. The Morgan fingerprint density at radius 1 is 1.57 bits per heavy atom. The average Bonchev–Trinajstić information content (AvgIpc) is 2.16. The number of benzene rings is 1. The molecule has 1 unspecified atom stereocenters. The van der Waals surface area contributed by atoms with Gasteiger partial charge in [-0.15, -0.1) is 11.8 Å². The van der Waals surface area contributed by atoms with Crippen molar-refractivity contribution < 1.29 is 0 Å². The lowest BCUT2D eigenvalue weighted by molar-refractivity contribution is 0.842. The van der Waals surface area contributed by atoms with E-state index in [9.17, 15) is 0 Å². The maximum atomic E-state index is 6.16. The normalized spacial score (nSPS) is 20.1. The van der Waals surface area contributed by atoms with E-state index in [1.54, 1.807) is 0 Å². The fourth-order valence-electron chi connectivity index (χ4n) is 1.64. The molecule has 0 amide bonds. The lowest BCUT2D eigenvalue weighted by atomic mass is 10.2. The van der Waals surface area contributed by atoms with Gasteiger partial charge in [-0.1, -0.05) is 18.5 Å². The predicted molar refractivity (Wildman–Crippen MR) is 64.6 cm³/mol. The van der Waals surface area contributed by atoms with Crippen LogP contribution in [0, 0.1) is 6.92 Å². The topological polar surface area (TPSA) is 12.0 Å². The number of aryl methyl sites for hydroxylation is 1. The van der Waals surface area contributed by atoms with E-state index in [0.717, 1.165) is 17.3 Å². The van der Waals surface area contributed by atoms with E-state index >= 15 is 0 Å². The van der Waals surface area contributed by atoms with Crippen LogP contribution in [0.5, 0.6) is 0 Å². The van der Waals surface area contributed by atoms with E-state index < -0.39 is 0 Å². The minimum Gasteiger partial charge on any atom is -0.382 e. The first-order valence-corrected chi connectivity index (χ1v) is 6.17. The molecule has 2 rings (SSSR count). The number of rotatable bonds is 1. The lowest BCUT2D eigenvalue weighted by Crippen LogP contribution is -2.20. The van der Waals surface area contributed by atoms with Crippen molar-refractivity contribution in [2.45, 2.75) is 30.4 Å². The second-order valence-corrected chi connectivity index (χ2v) is 5.40. The van der Waals surface area contributed by atoms with Gasteiger partial charge in [0.2, 0.25) is 0 Å². The van der Waals surface area contributed by atoms with Gasteiger partial charge in [-0.25, -0.2) is 0 Å². The number of halogens is 1. The molecule has 1 atom stereocenters. The molecule has 3 heteroatoms. The number of fused-ring (bicyclic) bond motifs is 1. The van der Waals surface area contributed by atoms with Crippen LogP contribution in [-0.2, 0) is 0 Å². The van der Waals surface area contributed by atoms with E-state index in [0.29, 0.717) is 5.25 Å². The van der Waals surface area contributed by atoms with Gasteiger partial charge in [-0.05, 0) is 31.0 Å². The molecular formula is C11H14ClNS. The first kappa shape index (κ1) is 10.2. The summed E-state index contributed by atoms with van der Waals surface area (Å²) in [6.07, 6.45) is 1.20. The molecule has 0 fully saturated rings. The molecule has 0 bridgehead atoms. The van der Waals surface area contributed by atoms with Gasteiger partial charge in [-0.2, -0.15) is 0 Å². The van der Waals surface area contributed by atoms with Crippen LogP contribution in [-0.4, -0.2) is 11.8 Å². The highest BCUT2D eigenvalue weighted by molar-refractivity contribution is 8.00. The smallest absolute Gasteiger partial charge is 0.0668 e. The molecule has 1 aliphatic rings. The summed E-state index contributed by atoms with van der Waals surface area (Å²) >= 11 is 8.10. The summed E-state index contributed by atoms with van der Waals surface area (Å²) in [5, 5.41) is 4.94. The number of thioether (sulfide) groups is 1. The molecule has 1 nitrogen and oxygen atoms in total. The second kappa shape index (κ2) is 4.03. The maximum absolute atomic E-state index is 6.16. The van der Waals surface area contributed by atoms with Crippen LogP contribution >= 0.6 is 23.4 Å². The van der Waals surface area contributed by atoms with Crippen molar-refractivity contribution in [3.05, 3.63) is 22.7 Å².